The van der Waals surface area contributed by atoms with Crippen LogP contribution >= 0.6 is 0 Å². The summed E-state index contributed by atoms with van der Waals surface area (Å²) in [5.41, 5.74) is 9.54. The second-order valence-corrected chi connectivity index (χ2v) is 5.39. The highest BCUT2D eigenvalue weighted by Gasteiger charge is 2.25. The lowest BCUT2D eigenvalue weighted by Crippen LogP contribution is -2.36. The average Bonchev–Trinajstić information content (AvgIpc) is 2.46. The molecule has 0 bridgehead atoms. The van der Waals surface area contributed by atoms with Crippen molar-refractivity contribution in [3.63, 3.8) is 0 Å². The SMILES string of the molecule is Cc1ccc(-c2cc(F)cc3c2O[C@@H](CN)CO3)c(C)c1. The van der Waals surface area contributed by atoms with Crippen molar-refractivity contribution in [3.8, 4) is 22.6 Å². The Kier molecular flexibility index (Phi) is 3.55. The van der Waals surface area contributed by atoms with E-state index in [1.165, 1.54) is 17.7 Å². The molecule has 1 aliphatic heterocycles. The van der Waals surface area contributed by atoms with E-state index in [1.807, 2.05) is 26.0 Å². The lowest BCUT2D eigenvalue weighted by Gasteiger charge is -2.28. The number of benzene rings is 2. The topological polar surface area (TPSA) is 44.5 Å². The molecule has 0 saturated carbocycles. The first-order valence-corrected chi connectivity index (χ1v) is 6.99. The van der Waals surface area contributed by atoms with E-state index in [-0.39, 0.29) is 11.9 Å². The number of ether oxygens (including phenoxy) is 2. The molecule has 21 heavy (non-hydrogen) atoms. The second kappa shape index (κ2) is 5.37. The van der Waals surface area contributed by atoms with Gasteiger partial charge in [0.2, 0.25) is 0 Å². The van der Waals surface area contributed by atoms with E-state index in [0.29, 0.717) is 30.2 Å². The van der Waals surface area contributed by atoms with E-state index < -0.39 is 0 Å². The average molecular weight is 287 g/mol. The lowest BCUT2D eigenvalue weighted by atomic mass is 9.97. The van der Waals surface area contributed by atoms with Gasteiger partial charge in [-0.05, 0) is 31.0 Å². The van der Waals surface area contributed by atoms with Gasteiger partial charge in [-0.25, -0.2) is 4.39 Å². The third kappa shape index (κ3) is 2.59. The Morgan fingerprint density at radius 1 is 1.19 bits per heavy atom. The Balaban J connectivity index is 2.16. The zero-order chi connectivity index (χ0) is 15.0. The largest absolute Gasteiger partial charge is 0.486 e. The highest BCUT2D eigenvalue weighted by Crippen LogP contribution is 2.42. The van der Waals surface area contributed by atoms with Crippen molar-refractivity contribution >= 4 is 0 Å². The highest BCUT2D eigenvalue weighted by atomic mass is 19.1. The first-order chi connectivity index (χ1) is 10.1. The van der Waals surface area contributed by atoms with E-state index in [9.17, 15) is 4.39 Å². The second-order valence-electron chi connectivity index (χ2n) is 5.39. The number of rotatable bonds is 2. The molecule has 0 saturated heterocycles. The Bertz CT molecular complexity index is 685. The van der Waals surface area contributed by atoms with E-state index in [2.05, 4.69) is 6.07 Å². The first kappa shape index (κ1) is 13.9. The van der Waals surface area contributed by atoms with Gasteiger partial charge in [0.15, 0.2) is 11.5 Å². The van der Waals surface area contributed by atoms with Crippen LogP contribution in [0, 0.1) is 19.7 Å². The smallest absolute Gasteiger partial charge is 0.169 e. The normalized spacial score (nSPS) is 16.9. The van der Waals surface area contributed by atoms with Gasteiger partial charge >= 0.3 is 0 Å². The molecule has 0 aliphatic carbocycles. The standard InChI is InChI=1S/C17H18FNO2/c1-10-3-4-14(11(2)5-10)15-6-12(18)7-16-17(15)21-13(8-19)9-20-16/h3-7,13H,8-9,19H2,1-2H3/t13-/m0/s1. The number of nitrogens with two attached hydrogens (primary N) is 1. The summed E-state index contributed by atoms with van der Waals surface area (Å²) in [6.45, 7) is 4.74. The lowest BCUT2D eigenvalue weighted by molar-refractivity contribution is 0.0971. The molecule has 2 aromatic carbocycles. The first-order valence-electron chi connectivity index (χ1n) is 6.99. The fraction of sp³-hybridized carbons (Fsp3) is 0.294. The molecule has 4 heteroatoms. The number of hydrogen-bond donors (Lipinski definition) is 1. The van der Waals surface area contributed by atoms with Crippen LogP contribution in [0.1, 0.15) is 11.1 Å². The molecular weight excluding hydrogens is 269 g/mol. The molecule has 0 amide bonds. The zero-order valence-electron chi connectivity index (χ0n) is 12.2. The van der Waals surface area contributed by atoms with Crippen LogP contribution in [0.25, 0.3) is 11.1 Å². The summed E-state index contributed by atoms with van der Waals surface area (Å²) in [6, 6.07) is 8.89. The Morgan fingerprint density at radius 3 is 2.71 bits per heavy atom. The van der Waals surface area contributed by atoms with Gasteiger partial charge in [-0.3, -0.25) is 0 Å². The molecule has 1 heterocycles. The summed E-state index contributed by atoms with van der Waals surface area (Å²) in [6.07, 6.45) is -0.201. The third-order valence-electron chi connectivity index (χ3n) is 3.66. The van der Waals surface area contributed by atoms with Crippen molar-refractivity contribution in [1.82, 2.24) is 0 Å². The molecule has 110 valence electrons. The van der Waals surface area contributed by atoms with E-state index in [4.69, 9.17) is 15.2 Å². The maximum Gasteiger partial charge on any atom is 0.169 e. The molecule has 1 aliphatic rings. The van der Waals surface area contributed by atoms with E-state index in [1.54, 1.807) is 0 Å². The maximum absolute atomic E-state index is 13.9. The zero-order valence-corrected chi connectivity index (χ0v) is 12.2. The van der Waals surface area contributed by atoms with Crippen molar-refractivity contribution < 1.29 is 13.9 Å². The molecule has 2 aromatic rings. The quantitative estimate of drug-likeness (QED) is 0.922. The molecule has 2 N–H and O–H groups in total. The highest BCUT2D eigenvalue weighted by molar-refractivity contribution is 5.76. The van der Waals surface area contributed by atoms with Gasteiger partial charge in [-0.2, -0.15) is 0 Å². The van der Waals surface area contributed by atoms with Crippen LogP contribution in [0.2, 0.25) is 0 Å². The fourth-order valence-corrected chi connectivity index (χ4v) is 2.61. The number of aryl methyl sites for hydroxylation is 2. The van der Waals surface area contributed by atoms with E-state index >= 15 is 0 Å². The van der Waals surface area contributed by atoms with Gasteiger partial charge < -0.3 is 15.2 Å². The predicted octanol–water partition coefficient (Wildman–Crippen LogP) is 3.21. The molecule has 0 fully saturated rings. The molecule has 0 radical (unpaired) electrons. The minimum atomic E-state index is -0.335. The predicted molar refractivity (Wildman–Crippen MR) is 80.3 cm³/mol. The number of halogens is 1. The minimum absolute atomic E-state index is 0.201. The van der Waals surface area contributed by atoms with Crippen LogP contribution in [0.3, 0.4) is 0 Å². The minimum Gasteiger partial charge on any atom is -0.486 e. The van der Waals surface area contributed by atoms with Crippen LogP contribution < -0.4 is 15.2 Å². The molecule has 1 atom stereocenters. The van der Waals surface area contributed by atoms with Gasteiger partial charge in [0, 0.05) is 18.2 Å². The van der Waals surface area contributed by atoms with Crippen LogP contribution in [-0.2, 0) is 0 Å². The summed E-state index contributed by atoms with van der Waals surface area (Å²) < 4.78 is 25.3. The Hall–Kier alpha value is -2.07. The molecule has 3 nitrogen and oxygen atoms in total. The van der Waals surface area contributed by atoms with Crippen molar-refractivity contribution in [1.29, 1.82) is 0 Å². The summed E-state index contributed by atoms with van der Waals surface area (Å²) >= 11 is 0. The van der Waals surface area contributed by atoms with Gasteiger partial charge in [0.1, 0.15) is 18.5 Å². The van der Waals surface area contributed by atoms with Crippen molar-refractivity contribution in [3.05, 3.63) is 47.3 Å². The molecule has 0 aromatic heterocycles. The number of fused-ring (bicyclic) bond motifs is 1. The summed E-state index contributed by atoms with van der Waals surface area (Å²) in [5, 5.41) is 0. The van der Waals surface area contributed by atoms with Crippen LogP contribution in [-0.4, -0.2) is 19.3 Å². The van der Waals surface area contributed by atoms with Crippen LogP contribution in [0.15, 0.2) is 30.3 Å². The van der Waals surface area contributed by atoms with Gasteiger partial charge in [-0.15, -0.1) is 0 Å². The van der Waals surface area contributed by atoms with Gasteiger partial charge in [-0.1, -0.05) is 23.8 Å². The van der Waals surface area contributed by atoms with E-state index in [0.717, 1.165) is 11.1 Å². The molecule has 0 spiro atoms. The van der Waals surface area contributed by atoms with Crippen LogP contribution in [0.5, 0.6) is 11.5 Å². The van der Waals surface area contributed by atoms with Gasteiger partial charge in [0.25, 0.3) is 0 Å². The molecular formula is C17H18FNO2. The molecule has 3 rings (SSSR count). The Morgan fingerprint density at radius 2 is 2.00 bits per heavy atom. The monoisotopic (exact) mass is 287 g/mol. The maximum atomic E-state index is 13.9. The summed E-state index contributed by atoms with van der Waals surface area (Å²) in [7, 11) is 0. The molecule has 0 unspecified atom stereocenters. The van der Waals surface area contributed by atoms with Crippen molar-refractivity contribution in [2.45, 2.75) is 20.0 Å². The summed E-state index contributed by atoms with van der Waals surface area (Å²) in [4.78, 5) is 0. The van der Waals surface area contributed by atoms with Crippen LogP contribution in [0.4, 0.5) is 4.39 Å². The fourth-order valence-electron chi connectivity index (χ4n) is 2.61. The Labute approximate surface area is 123 Å². The van der Waals surface area contributed by atoms with Gasteiger partial charge in [0.05, 0.1) is 0 Å². The third-order valence-corrected chi connectivity index (χ3v) is 3.66. The van der Waals surface area contributed by atoms with Crippen molar-refractivity contribution in [2.24, 2.45) is 5.73 Å². The van der Waals surface area contributed by atoms with Crippen molar-refractivity contribution in [2.75, 3.05) is 13.2 Å². The number of hydrogen-bond acceptors (Lipinski definition) is 3. The summed E-state index contributed by atoms with van der Waals surface area (Å²) in [5.74, 6) is 0.679.